The molecule has 1 saturated heterocycles. The molecule has 0 amide bonds. The third kappa shape index (κ3) is 2.80. The van der Waals surface area contributed by atoms with Crippen molar-refractivity contribution in [3.05, 3.63) is 35.9 Å². The normalized spacial score (nSPS) is 27.9. The Morgan fingerprint density at radius 1 is 1.33 bits per heavy atom. The average Bonchev–Trinajstić information content (AvgIpc) is 2.24. The van der Waals surface area contributed by atoms with Gasteiger partial charge in [0.2, 0.25) is 0 Å². The highest BCUT2D eigenvalue weighted by atomic mass is 15.2. The smallest absolute Gasteiger partial charge is 0.0258 e. The second-order valence-electron chi connectivity index (χ2n) is 4.59. The Hall–Kier alpha value is -0.860. The van der Waals surface area contributed by atoms with Gasteiger partial charge in [-0.15, -0.1) is 0 Å². The van der Waals surface area contributed by atoms with Gasteiger partial charge < -0.3 is 10.2 Å². The molecule has 1 heterocycles. The number of benzene rings is 1. The number of piperazine rings is 1. The van der Waals surface area contributed by atoms with E-state index < -0.39 is 0 Å². The molecular formula is C13H20N2. The second-order valence-corrected chi connectivity index (χ2v) is 4.59. The lowest BCUT2D eigenvalue weighted by molar-refractivity contribution is 0.169. The van der Waals surface area contributed by atoms with E-state index in [0.717, 1.165) is 19.5 Å². The Labute approximate surface area is 92.3 Å². The lowest BCUT2D eigenvalue weighted by Gasteiger charge is -2.36. The van der Waals surface area contributed by atoms with Gasteiger partial charge in [-0.05, 0) is 26.0 Å². The van der Waals surface area contributed by atoms with Crippen molar-refractivity contribution in [2.45, 2.75) is 25.4 Å². The molecule has 0 radical (unpaired) electrons. The number of nitrogens with zero attached hydrogens (tertiary/aromatic N) is 1. The third-order valence-corrected chi connectivity index (χ3v) is 3.20. The monoisotopic (exact) mass is 204 g/mol. The van der Waals surface area contributed by atoms with E-state index in [4.69, 9.17) is 0 Å². The second kappa shape index (κ2) is 4.77. The highest BCUT2D eigenvalue weighted by Crippen LogP contribution is 2.10. The molecule has 1 aliphatic heterocycles. The first-order valence-electron chi connectivity index (χ1n) is 5.73. The van der Waals surface area contributed by atoms with E-state index in [1.165, 1.54) is 5.56 Å². The van der Waals surface area contributed by atoms with Crippen LogP contribution in [0.4, 0.5) is 0 Å². The molecule has 0 aromatic heterocycles. The standard InChI is InChI=1S/C13H20N2/c1-11-10-15(2)13(9-14-11)8-12-6-4-3-5-7-12/h3-7,11,13-14H,8-10H2,1-2H3/t11-,13-/m1/s1. The van der Waals surface area contributed by atoms with E-state index in [1.54, 1.807) is 0 Å². The summed E-state index contributed by atoms with van der Waals surface area (Å²) in [6.07, 6.45) is 1.15. The summed E-state index contributed by atoms with van der Waals surface area (Å²) in [5.74, 6) is 0. The van der Waals surface area contributed by atoms with Crippen LogP contribution in [0.5, 0.6) is 0 Å². The summed E-state index contributed by atoms with van der Waals surface area (Å²) < 4.78 is 0. The van der Waals surface area contributed by atoms with E-state index >= 15 is 0 Å². The molecule has 2 atom stereocenters. The Kier molecular flexibility index (Phi) is 3.39. The summed E-state index contributed by atoms with van der Waals surface area (Å²) >= 11 is 0. The number of likely N-dealkylation sites (N-methyl/N-ethyl adjacent to an activating group) is 1. The van der Waals surface area contributed by atoms with Crippen LogP contribution in [0.25, 0.3) is 0 Å². The number of hydrogen-bond acceptors (Lipinski definition) is 2. The van der Waals surface area contributed by atoms with Crippen molar-refractivity contribution in [3.8, 4) is 0 Å². The summed E-state index contributed by atoms with van der Waals surface area (Å²) in [5.41, 5.74) is 1.44. The molecule has 0 saturated carbocycles. The zero-order chi connectivity index (χ0) is 10.7. The van der Waals surface area contributed by atoms with Gasteiger partial charge in [0.15, 0.2) is 0 Å². The average molecular weight is 204 g/mol. The van der Waals surface area contributed by atoms with Crippen LogP contribution < -0.4 is 5.32 Å². The fourth-order valence-electron chi connectivity index (χ4n) is 2.25. The van der Waals surface area contributed by atoms with Crippen molar-refractivity contribution in [2.75, 3.05) is 20.1 Å². The van der Waals surface area contributed by atoms with E-state index in [0.29, 0.717) is 12.1 Å². The van der Waals surface area contributed by atoms with Crippen LogP contribution in [0.3, 0.4) is 0 Å². The molecule has 1 aliphatic rings. The summed E-state index contributed by atoms with van der Waals surface area (Å²) in [6.45, 7) is 4.50. The van der Waals surface area contributed by atoms with Crippen LogP contribution in [0, 0.1) is 0 Å². The first kappa shape index (κ1) is 10.7. The van der Waals surface area contributed by atoms with Gasteiger partial charge in [-0.25, -0.2) is 0 Å². The quantitative estimate of drug-likeness (QED) is 0.786. The highest BCUT2D eigenvalue weighted by molar-refractivity contribution is 5.16. The van der Waals surface area contributed by atoms with Crippen LogP contribution in [0.2, 0.25) is 0 Å². The SMILES string of the molecule is C[C@@H]1CN(C)[C@H](Cc2ccccc2)CN1. The van der Waals surface area contributed by atoms with Crippen LogP contribution >= 0.6 is 0 Å². The Bertz CT molecular complexity index is 297. The first-order chi connectivity index (χ1) is 7.25. The molecule has 1 fully saturated rings. The zero-order valence-electron chi connectivity index (χ0n) is 9.61. The number of nitrogens with one attached hydrogen (secondary N) is 1. The fraction of sp³-hybridized carbons (Fsp3) is 0.538. The van der Waals surface area contributed by atoms with Crippen molar-refractivity contribution < 1.29 is 0 Å². The molecule has 1 aromatic carbocycles. The molecule has 2 rings (SSSR count). The van der Waals surface area contributed by atoms with E-state index in [1.807, 2.05) is 0 Å². The molecule has 0 spiro atoms. The Morgan fingerprint density at radius 3 is 2.73 bits per heavy atom. The van der Waals surface area contributed by atoms with Gasteiger partial charge in [0.05, 0.1) is 0 Å². The van der Waals surface area contributed by atoms with Crippen molar-refractivity contribution in [1.29, 1.82) is 0 Å². The van der Waals surface area contributed by atoms with Crippen LogP contribution in [0.1, 0.15) is 12.5 Å². The van der Waals surface area contributed by atoms with E-state index in [2.05, 4.69) is 54.5 Å². The van der Waals surface area contributed by atoms with Gasteiger partial charge in [0.25, 0.3) is 0 Å². The minimum absolute atomic E-state index is 0.627. The summed E-state index contributed by atoms with van der Waals surface area (Å²) in [6, 6.07) is 12.0. The molecule has 2 heteroatoms. The number of rotatable bonds is 2. The number of hydrogen-bond donors (Lipinski definition) is 1. The molecule has 2 nitrogen and oxygen atoms in total. The van der Waals surface area contributed by atoms with Crippen molar-refractivity contribution in [1.82, 2.24) is 10.2 Å². The molecule has 0 unspecified atom stereocenters. The van der Waals surface area contributed by atoms with Crippen molar-refractivity contribution in [3.63, 3.8) is 0 Å². The van der Waals surface area contributed by atoms with E-state index in [9.17, 15) is 0 Å². The maximum absolute atomic E-state index is 3.54. The van der Waals surface area contributed by atoms with Crippen LogP contribution in [0.15, 0.2) is 30.3 Å². The van der Waals surface area contributed by atoms with Crippen molar-refractivity contribution >= 4 is 0 Å². The van der Waals surface area contributed by atoms with E-state index in [-0.39, 0.29) is 0 Å². The van der Waals surface area contributed by atoms with Gasteiger partial charge in [-0.1, -0.05) is 30.3 Å². The van der Waals surface area contributed by atoms with Crippen LogP contribution in [-0.2, 0) is 6.42 Å². The molecule has 1 aromatic rings. The van der Waals surface area contributed by atoms with Gasteiger partial charge in [-0.3, -0.25) is 0 Å². The first-order valence-corrected chi connectivity index (χ1v) is 5.73. The third-order valence-electron chi connectivity index (χ3n) is 3.20. The minimum Gasteiger partial charge on any atom is -0.311 e. The van der Waals surface area contributed by atoms with Gasteiger partial charge >= 0.3 is 0 Å². The Balaban J connectivity index is 1.95. The van der Waals surface area contributed by atoms with Crippen molar-refractivity contribution in [2.24, 2.45) is 0 Å². The summed E-state index contributed by atoms with van der Waals surface area (Å²) in [7, 11) is 2.23. The molecule has 15 heavy (non-hydrogen) atoms. The lowest BCUT2D eigenvalue weighted by Crippen LogP contribution is -2.54. The Morgan fingerprint density at radius 2 is 2.07 bits per heavy atom. The van der Waals surface area contributed by atoms with Gasteiger partial charge in [0, 0.05) is 25.2 Å². The summed E-state index contributed by atoms with van der Waals surface area (Å²) in [5, 5.41) is 3.54. The van der Waals surface area contributed by atoms with Crippen LogP contribution in [-0.4, -0.2) is 37.1 Å². The maximum atomic E-state index is 3.54. The minimum atomic E-state index is 0.627. The summed E-state index contributed by atoms with van der Waals surface area (Å²) in [4.78, 5) is 2.47. The fourth-order valence-corrected chi connectivity index (χ4v) is 2.25. The lowest BCUT2D eigenvalue weighted by atomic mass is 10.0. The zero-order valence-corrected chi connectivity index (χ0v) is 9.61. The molecule has 82 valence electrons. The highest BCUT2D eigenvalue weighted by Gasteiger charge is 2.22. The molecule has 1 N–H and O–H groups in total. The molecule has 0 aliphatic carbocycles. The molecule has 0 bridgehead atoms. The largest absolute Gasteiger partial charge is 0.311 e. The predicted molar refractivity (Wildman–Crippen MR) is 64.0 cm³/mol. The van der Waals surface area contributed by atoms with Gasteiger partial charge in [0.1, 0.15) is 0 Å². The maximum Gasteiger partial charge on any atom is 0.0258 e. The van der Waals surface area contributed by atoms with Gasteiger partial charge in [-0.2, -0.15) is 0 Å². The molecular weight excluding hydrogens is 184 g/mol. The predicted octanol–water partition coefficient (Wildman–Crippen LogP) is 1.52. The topological polar surface area (TPSA) is 15.3 Å².